The van der Waals surface area contributed by atoms with Gasteiger partial charge in [-0.2, -0.15) is 26.3 Å². The number of carbonyl (C=O) groups is 1. The Labute approximate surface area is 220 Å². The van der Waals surface area contributed by atoms with Crippen molar-refractivity contribution in [3.63, 3.8) is 0 Å². The van der Waals surface area contributed by atoms with E-state index in [9.17, 15) is 26.3 Å². The number of pyridine rings is 1. The van der Waals surface area contributed by atoms with Crippen molar-refractivity contribution in [2.24, 2.45) is 10.7 Å². The van der Waals surface area contributed by atoms with E-state index in [4.69, 9.17) is 20.6 Å². The zero-order valence-corrected chi connectivity index (χ0v) is 21.1. The van der Waals surface area contributed by atoms with Gasteiger partial charge in [0, 0.05) is 51.9 Å². The Morgan fingerprint density at radius 3 is 2.26 bits per heavy atom. The minimum atomic E-state index is -5.08. The van der Waals surface area contributed by atoms with E-state index < -0.39 is 29.5 Å². The molecule has 2 aliphatic heterocycles. The van der Waals surface area contributed by atoms with Gasteiger partial charge in [-0.1, -0.05) is 30.3 Å². The standard InChI is InChI=1S/C23H27F3N6.C2HF3O2/c1-31(2)21-29-19-11-14-32(20-18(23(24,25)26)9-6-12-28-20)13-10-17(19)22(27,30-21)15-16-7-4-3-5-8-16;3-2(4,5)1(6)7/h3-9,12H,10-11,13-15,27H2,1-2H3,(H,29,30);(H,6,7). The number of halogens is 6. The Kier molecular flexibility index (Phi) is 8.78. The third kappa shape index (κ3) is 7.40. The summed E-state index contributed by atoms with van der Waals surface area (Å²) in [6.45, 7) is 0.773. The number of hydrogen-bond donors (Lipinski definition) is 3. The zero-order chi connectivity index (χ0) is 29.0. The van der Waals surface area contributed by atoms with Crippen molar-refractivity contribution in [3.8, 4) is 0 Å². The topological polar surface area (TPSA) is 107 Å². The average molecular weight is 559 g/mol. The Balaban J connectivity index is 0.000000532. The number of anilines is 1. The third-order valence-electron chi connectivity index (χ3n) is 6.09. The van der Waals surface area contributed by atoms with Gasteiger partial charge in [-0.25, -0.2) is 14.8 Å². The molecular formula is C25H28F6N6O2. The monoisotopic (exact) mass is 558 g/mol. The normalized spacial score (nSPS) is 19.6. The molecule has 212 valence electrons. The molecule has 4 rings (SSSR count). The number of hydrogen-bond acceptors (Lipinski definition) is 7. The van der Waals surface area contributed by atoms with E-state index in [0.29, 0.717) is 38.3 Å². The molecule has 2 aromatic rings. The summed E-state index contributed by atoms with van der Waals surface area (Å²) in [5, 5.41) is 10.5. The lowest BCUT2D eigenvalue weighted by molar-refractivity contribution is -0.192. The molecule has 39 heavy (non-hydrogen) atoms. The summed E-state index contributed by atoms with van der Waals surface area (Å²) in [5.74, 6) is -2.16. The maximum absolute atomic E-state index is 13.6. The molecule has 3 heterocycles. The highest BCUT2D eigenvalue weighted by molar-refractivity contribution is 5.83. The second-order valence-electron chi connectivity index (χ2n) is 9.16. The minimum absolute atomic E-state index is 0.0423. The van der Waals surface area contributed by atoms with Crippen LogP contribution in [0.15, 0.2) is 64.9 Å². The van der Waals surface area contributed by atoms with Crippen molar-refractivity contribution in [3.05, 3.63) is 71.1 Å². The molecule has 1 aromatic carbocycles. The molecule has 0 saturated heterocycles. The largest absolute Gasteiger partial charge is 0.490 e. The summed E-state index contributed by atoms with van der Waals surface area (Å²) < 4.78 is 72.5. The predicted molar refractivity (Wildman–Crippen MR) is 133 cm³/mol. The molecular weight excluding hydrogens is 530 g/mol. The first-order chi connectivity index (χ1) is 18.1. The first-order valence-corrected chi connectivity index (χ1v) is 11.8. The van der Waals surface area contributed by atoms with Gasteiger partial charge in [-0.05, 0) is 29.7 Å². The Morgan fingerprint density at radius 2 is 1.69 bits per heavy atom. The van der Waals surface area contributed by atoms with Crippen LogP contribution in [0.5, 0.6) is 0 Å². The summed E-state index contributed by atoms with van der Waals surface area (Å²) >= 11 is 0. The van der Waals surface area contributed by atoms with E-state index in [1.165, 1.54) is 12.3 Å². The van der Waals surface area contributed by atoms with Crippen molar-refractivity contribution in [1.29, 1.82) is 0 Å². The molecule has 0 saturated carbocycles. The molecule has 0 fully saturated rings. The highest BCUT2D eigenvalue weighted by Gasteiger charge is 2.40. The fraction of sp³-hybridized carbons (Fsp3) is 0.400. The number of nitrogens with zero attached hydrogens (tertiary/aromatic N) is 4. The van der Waals surface area contributed by atoms with Crippen LogP contribution in [0.4, 0.5) is 32.2 Å². The molecule has 2 aliphatic rings. The fourth-order valence-corrected chi connectivity index (χ4v) is 4.29. The number of nitrogens with one attached hydrogen (secondary N) is 1. The number of nitrogens with two attached hydrogens (primary N) is 1. The first kappa shape index (κ1) is 29.7. The lowest BCUT2D eigenvalue weighted by atomic mass is 9.88. The summed E-state index contributed by atoms with van der Waals surface area (Å²) in [7, 11) is 3.76. The molecule has 0 radical (unpaired) electrons. The highest BCUT2D eigenvalue weighted by atomic mass is 19.4. The van der Waals surface area contributed by atoms with Crippen LogP contribution in [0.2, 0.25) is 0 Å². The van der Waals surface area contributed by atoms with E-state index in [2.05, 4.69) is 10.3 Å². The lowest BCUT2D eigenvalue weighted by Gasteiger charge is -2.37. The molecule has 0 bridgehead atoms. The van der Waals surface area contributed by atoms with Gasteiger partial charge >= 0.3 is 18.3 Å². The van der Waals surface area contributed by atoms with Crippen molar-refractivity contribution >= 4 is 17.7 Å². The molecule has 1 unspecified atom stereocenters. The van der Waals surface area contributed by atoms with Gasteiger partial charge in [-0.15, -0.1) is 0 Å². The number of carboxylic acids is 1. The number of carboxylic acid groups (broad SMARTS) is 1. The van der Waals surface area contributed by atoms with Crippen LogP contribution in [0, 0.1) is 0 Å². The van der Waals surface area contributed by atoms with E-state index in [0.717, 1.165) is 22.9 Å². The van der Waals surface area contributed by atoms with Crippen LogP contribution >= 0.6 is 0 Å². The molecule has 0 amide bonds. The number of aliphatic carboxylic acids is 1. The summed E-state index contributed by atoms with van der Waals surface area (Å²) in [6, 6.07) is 12.3. The average Bonchev–Trinajstić information content (AvgIpc) is 3.07. The van der Waals surface area contributed by atoms with Crippen molar-refractivity contribution in [1.82, 2.24) is 15.2 Å². The molecule has 8 nitrogen and oxygen atoms in total. The van der Waals surface area contributed by atoms with Crippen molar-refractivity contribution in [2.75, 3.05) is 32.1 Å². The number of aromatic nitrogens is 1. The first-order valence-electron chi connectivity index (χ1n) is 11.8. The van der Waals surface area contributed by atoms with Crippen molar-refractivity contribution in [2.45, 2.75) is 37.3 Å². The zero-order valence-electron chi connectivity index (χ0n) is 21.1. The summed E-state index contributed by atoms with van der Waals surface area (Å²) in [5.41, 5.74) is 8.11. The molecule has 4 N–H and O–H groups in total. The third-order valence-corrected chi connectivity index (χ3v) is 6.09. The SMILES string of the molecule is CN(C)C1=NC(N)(Cc2ccccc2)C2=C(CCN(c3ncccc3C(F)(F)F)CC2)N1.O=C(O)C(F)(F)F. The van der Waals surface area contributed by atoms with Crippen molar-refractivity contribution < 1.29 is 36.2 Å². The maximum atomic E-state index is 13.6. The number of benzene rings is 1. The summed E-state index contributed by atoms with van der Waals surface area (Å²) in [6.07, 6.45) is -6.64. The Hall–Kier alpha value is -3.81. The smallest absolute Gasteiger partial charge is 0.475 e. The van der Waals surface area contributed by atoms with E-state index in [1.54, 1.807) is 4.90 Å². The second-order valence-corrected chi connectivity index (χ2v) is 9.16. The van der Waals surface area contributed by atoms with E-state index >= 15 is 0 Å². The van der Waals surface area contributed by atoms with E-state index in [-0.39, 0.29) is 5.82 Å². The van der Waals surface area contributed by atoms with Gasteiger partial charge in [0.25, 0.3) is 0 Å². The number of rotatable bonds is 3. The lowest BCUT2D eigenvalue weighted by Crippen LogP contribution is -2.52. The van der Waals surface area contributed by atoms with Crippen LogP contribution in [0.3, 0.4) is 0 Å². The molecule has 1 aromatic heterocycles. The number of alkyl halides is 6. The van der Waals surface area contributed by atoms with Crippen LogP contribution in [-0.2, 0) is 17.4 Å². The second kappa shape index (κ2) is 11.5. The Bertz CT molecular complexity index is 1230. The van der Waals surface area contributed by atoms with Crippen LogP contribution in [0.1, 0.15) is 24.0 Å². The van der Waals surface area contributed by atoms with E-state index in [1.807, 2.05) is 49.3 Å². The van der Waals surface area contributed by atoms with Gasteiger partial charge in [0.1, 0.15) is 11.5 Å². The number of guanidine groups is 1. The molecule has 0 spiro atoms. The Morgan fingerprint density at radius 1 is 1.08 bits per heavy atom. The van der Waals surface area contributed by atoms with Crippen LogP contribution < -0.4 is 16.0 Å². The van der Waals surface area contributed by atoms with Gasteiger partial charge in [-0.3, -0.25) is 0 Å². The van der Waals surface area contributed by atoms with Crippen LogP contribution in [0.25, 0.3) is 0 Å². The van der Waals surface area contributed by atoms with Gasteiger partial charge in [0.2, 0.25) is 0 Å². The fourth-order valence-electron chi connectivity index (χ4n) is 4.29. The summed E-state index contributed by atoms with van der Waals surface area (Å²) in [4.78, 5) is 21.4. The van der Waals surface area contributed by atoms with Gasteiger partial charge < -0.3 is 26.0 Å². The molecule has 1 atom stereocenters. The predicted octanol–water partition coefficient (Wildman–Crippen LogP) is 4.01. The maximum Gasteiger partial charge on any atom is 0.490 e. The van der Waals surface area contributed by atoms with Crippen LogP contribution in [-0.4, -0.2) is 65.9 Å². The van der Waals surface area contributed by atoms with Gasteiger partial charge in [0.15, 0.2) is 5.96 Å². The minimum Gasteiger partial charge on any atom is -0.475 e. The highest BCUT2D eigenvalue weighted by Crippen LogP contribution is 2.38. The van der Waals surface area contributed by atoms with Gasteiger partial charge in [0.05, 0.1) is 5.56 Å². The quantitative estimate of drug-likeness (QED) is 0.489. The molecule has 0 aliphatic carbocycles. The number of aliphatic imine (C=N–C) groups is 1. The molecule has 14 heteroatoms.